The number of carbonyl (C=O) groups is 3. The van der Waals surface area contributed by atoms with Crippen molar-refractivity contribution in [2.24, 2.45) is 17.6 Å². The number of phenolic OH excluding ortho intramolecular Hbond substituents is 1. The fourth-order valence-electron chi connectivity index (χ4n) is 4.81. The maximum atomic E-state index is 13.2. The van der Waals surface area contributed by atoms with Crippen molar-refractivity contribution in [1.29, 1.82) is 0 Å². The quantitative estimate of drug-likeness (QED) is 0.163. The fourth-order valence-corrected chi connectivity index (χ4v) is 4.81. The lowest BCUT2D eigenvalue weighted by Crippen LogP contribution is -2.57. The van der Waals surface area contributed by atoms with Crippen molar-refractivity contribution >= 4 is 23.2 Å². The van der Waals surface area contributed by atoms with Crippen LogP contribution in [-0.2, 0) is 16.0 Å². The fraction of sp³-hybridized carbons (Fsp3) is 0.286. The summed E-state index contributed by atoms with van der Waals surface area (Å²) in [7, 11) is 0. The Labute approximate surface area is 170 Å². The van der Waals surface area contributed by atoms with Crippen molar-refractivity contribution < 1.29 is 34.8 Å². The first-order valence-electron chi connectivity index (χ1n) is 9.12. The number of allylic oxidation sites excluding steroid dienone is 2. The van der Waals surface area contributed by atoms with Gasteiger partial charge in [0, 0.05) is 17.9 Å². The number of benzene rings is 1. The number of hydrogen-bond donors (Lipinski definition) is 6. The van der Waals surface area contributed by atoms with Gasteiger partial charge < -0.3 is 31.9 Å². The lowest BCUT2D eigenvalue weighted by Gasteiger charge is -2.45. The molecule has 0 saturated carbocycles. The molecule has 0 spiro atoms. The van der Waals surface area contributed by atoms with Crippen molar-refractivity contribution in [3.05, 3.63) is 45.4 Å². The summed E-state index contributed by atoms with van der Waals surface area (Å²) in [6.45, 7) is 0. The van der Waals surface area contributed by atoms with Gasteiger partial charge in [-0.3, -0.25) is 14.4 Å². The number of terminal acetylenes is 1. The molecule has 30 heavy (non-hydrogen) atoms. The molecule has 0 saturated heterocycles. The summed E-state index contributed by atoms with van der Waals surface area (Å²) in [6.07, 6.45) is 5.35. The summed E-state index contributed by atoms with van der Waals surface area (Å²) in [5, 5.41) is 42.5. The number of anilines is 1. The SMILES string of the molecule is C#Cc1cc2c(c(O)c1N)C(=O)C1=C(O)[C@]3(O)C(=O)C(C(N)=O)=C(O)C[C@@H]3C[C@@H]1C2. The normalized spacial score (nSPS) is 27.9. The summed E-state index contributed by atoms with van der Waals surface area (Å²) in [6, 6.07) is 1.51. The molecule has 0 bridgehead atoms. The molecule has 8 N–H and O–H groups in total. The van der Waals surface area contributed by atoms with E-state index in [0.29, 0.717) is 5.56 Å². The van der Waals surface area contributed by atoms with Gasteiger partial charge in [0.15, 0.2) is 17.1 Å². The lowest BCUT2D eigenvalue weighted by molar-refractivity contribution is -0.144. The molecular weight excluding hydrogens is 392 g/mol. The van der Waals surface area contributed by atoms with Crippen molar-refractivity contribution in [3.63, 3.8) is 0 Å². The molecule has 9 heteroatoms. The van der Waals surface area contributed by atoms with Crippen LogP contribution in [0.15, 0.2) is 28.7 Å². The molecule has 0 aromatic heterocycles. The maximum Gasteiger partial charge on any atom is 0.255 e. The van der Waals surface area contributed by atoms with Crippen LogP contribution in [0.2, 0.25) is 0 Å². The van der Waals surface area contributed by atoms with Crippen LogP contribution >= 0.6 is 0 Å². The maximum absolute atomic E-state index is 13.2. The molecule has 0 radical (unpaired) electrons. The van der Waals surface area contributed by atoms with E-state index in [1.54, 1.807) is 0 Å². The number of rotatable bonds is 1. The molecule has 154 valence electrons. The van der Waals surface area contributed by atoms with E-state index in [1.807, 2.05) is 0 Å². The number of amides is 1. The number of aromatic hydroxyl groups is 1. The molecule has 1 aromatic carbocycles. The number of nitrogen functional groups attached to an aromatic ring is 1. The average molecular weight is 410 g/mol. The predicted molar refractivity (Wildman–Crippen MR) is 103 cm³/mol. The van der Waals surface area contributed by atoms with Crippen LogP contribution in [0.25, 0.3) is 0 Å². The third kappa shape index (κ3) is 2.25. The Bertz CT molecular complexity index is 1170. The third-order valence-electron chi connectivity index (χ3n) is 6.25. The Morgan fingerprint density at radius 2 is 1.90 bits per heavy atom. The molecule has 3 aliphatic rings. The minimum Gasteiger partial charge on any atom is -0.511 e. The van der Waals surface area contributed by atoms with E-state index >= 15 is 0 Å². The minimum atomic E-state index is -2.59. The van der Waals surface area contributed by atoms with Gasteiger partial charge in [0.1, 0.15) is 17.1 Å². The molecule has 0 heterocycles. The van der Waals surface area contributed by atoms with Gasteiger partial charge in [0.2, 0.25) is 5.78 Å². The van der Waals surface area contributed by atoms with Crippen LogP contribution in [0.4, 0.5) is 5.69 Å². The van der Waals surface area contributed by atoms with Crippen LogP contribution in [0.3, 0.4) is 0 Å². The van der Waals surface area contributed by atoms with Crippen LogP contribution in [0.5, 0.6) is 5.75 Å². The van der Waals surface area contributed by atoms with Crippen molar-refractivity contribution in [2.75, 3.05) is 5.73 Å². The number of fused-ring (bicyclic) bond motifs is 3. The molecule has 0 unspecified atom stereocenters. The smallest absolute Gasteiger partial charge is 0.255 e. The van der Waals surface area contributed by atoms with E-state index < -0.39 is 57.8 Å². The molecule has 0 aliphatic heterocycles. The Hall–Kier alpha value is -3.77. The topological polar surface area (TPSA) is 184 Å². The highest BCUT2D eigenvalue weighted by atomic mass is 16.3. The number of aliphatic hydroxyl groups is 3. The highest BCUT2D eigenvalue weighted by molar-refractivity contribution is 6.24. The first-order valence-corrected chi connectivity index (χ1v) is 9.12. The van der Waals surface area contributed by atoms with Crippen molar-refractivity contribution in [1.82, 2.24) is 0 Å². The molecule has 4 rings (SSSR count). The molecule has 9 nitrogen and oxygen atoms in total. The number of Topliss-reactive ketones (excluding diaryl/α,β-unsaturated/α-hetero) is 2. The number of aliphatic hydroxyl groups excluding tert-OH is 2. The summed E-state index contributed by atoms with van der Waals surface area (Å²) in [5.74, 6) is -4.59. The van der Waals surface area contributed by atoms with Gasteiger partial charge in [-0.2, -0.15) is 0 Å². The number of nitrogens with two attached hydrogens (primary N) is 2. The van der Waals surface area contributed by atoms with E-state index in [2.05, 4.69) is 5.92 Å². The minimum absolute atomic E-state index is 0.0550. The van der Waals surface area contributed by atoms with Gasteiger partial charge in [0.25, 0.3) is 5.91 Å². The Morgan fingerprint density at radius 1 is 1.23 bits per heavy atom. The number of hydrogen-bond acceptors (Lipinski definition) is 8. The Kier molecular flexibility index (Phi) is 3.98. The third-order valence-corrected chi connectivity index (χ3v) is 6.25. The van der Waals surface area contributed by atoms with Gasteiger partial charge in [-0.25, -0.2) is 0 Å². The molecule has 3 atom stereocenters. The molecule has 1 aromatic rings. The second-order valence-electron chi connectivity index (χ2n) is 7.78. The van der Waals surface area contributed by atoms with Gasteiger partial charge >= 0.3 is 0 Å². The zero-order valence-corrected chi connectivity index (χ0v) is 15.6. The summed E-state index contributed by atoms with van der Waals surface area (Å²) in [5.41, 5.74) is 7.59. The van der Waals surface area contributed by atoms with Gasteiger partial charge in [0.05, 0.1) is 16.8 Å². The first-order chi connectivity index (χ1) is 14.0. The van der Waals surface area contributed by atoms with Crippen LogP contribution in [-0.4, -0.2) is 43.5 Å². The van der Waals surface area contributed by atoms with E-state index in [9.17, 15) is 34.8 Å². The van der Waals surface area contributed by atoms with Gasteiger partial charge in [-0.1, -0.05) is 5.92 Å². The van der Waals surface area contributed by atoms with Gasteiger partial charge in [-0.15, -0.1) is 6.42 Å². The predicted octanol–water partition coefficient (Wildman–Crippen LogP) is 0.144. The molecule has 0 fully saturated rings. The number of carbonyl (C=O) groups excluding carboxylic acids is 3. The summed E-state index contributed by atoms with van der Waals surface area (Å²) in [4.78, 5) is 37.6. The zero-order valence-electron chi connectivity index (χ0n) is 15.6. The molecule has 1 amide bonds. The van der Waals surface area contributed by atoms with Gasteiger partial charge in [-0.05, 0) is 30.4 Å². The second kappa shape index (κ2) is 6.11. The Balaban J connectivity index is 1.93. The number of ketones is 2. The van der Waals surface area contributed by atoms with Crippen molar-refractivity contribution in [3.8, 4) is 18.1 Å². The summed E-state index contributed by atoms with van der Waals surface area (Å²) >= 11 is 0. The van der Waals surface area contributed by atoms with E-state index in [4.69, 9.17) is 17.9 Å². The first kappa shape index (κ1) is 19.5. The van der Waals surface area contributed by atoms with E-state index in [1.165, 1.54) is 6.07 Å². The molecule has 3 aliphatic carbocycles. The number of primary amides is 1. The van der Waals surface area contributed by atoms with Crippen molar-refractivity contribution in [2.45, 2.75) is 24.9 Å². The lowest BCUT2D eigenvalue weighted by atomic mass is 9.60. The number of phenols is 1. The zero-order chi connectivity index (χ0) is 22.1. The van der Waals surface area contributed by atoms with Crippen LogP contribution in [0.1, 0.15) is 34.3 Å². The van der Waals surface area contributed by atoms with Crippen LogP contribution in [0, 0.1) is 24.2 Å². The average Bonchev–Trinajstić information content (AvgIpc) is 2.67. The second-order valence-corrected chi connectivity index (χ2v) is 7.78. The Morgan fingerprint density at radius 3 is 2.50 bits per heavy atom. The highest BCUT2D eigenvalue weighted by Gasteiger charge is 2.59. The van der Waals surface area contributed by atoms with E-state index in [-0.39, 0.29) is 41.6 Å². The summed E-state index contributed by atoms with van der Waals surface area (Å²) < 4.78 is 0. The standard InChI is InChI=1S/C21H18N2O7/c1-2-7-3-8-4-9-5-10-6-11(24)14(20(23)29)19(28)21(10,30)18(27)13(9)16(25)12(8)17(26)15(7)22/h1,3,9-10,24,26-27,30H,4-6,22H2,(H2,23,29)/t9-,10-,21-/m0/s1. The monoisotopic (exact) mass is 410 g/mol. The van der Waals surface area contributed by atoms with E-state index in [0.717, 1.165) is 0 Å². The molecular formula is C21H18N2O7. The largest absolute Gasteiger partial charge is 0.511 e. The van der Waals surface area contributed by atoms with Crippen LogP contribution < -0.4 is 11.5 Å². The highest BCUT2D eigenvalue weighted by Crippen LogP contribution is 2.51.